The molecule has 34 heavy (non-hydrogen) atoms. The van der Waals surface area contributed by atoms with Crippen LogP contribution in [0.15, 0.2) is 59.4 Å². The lowest BCUT2D eigenvalue weighted by molar-refractivity contribution is 0.102. The summed E-state index contributed by atoms with van der Waals surface area (Å²) < 4.78 is 7.18. The highest BCUT2D eigenvalue weighted by Gasteiger charge is 2.15. The molecule has 8 heteroatoms. The van der Waals surface area contributed by atoms with Crippen molar-refractivity contribution in [3.8, 4) is 5.75 Å². The molecule has 0 unspecified atom stereocenters. The smallest absolute Gasteiger partial charge is 0.275 e. The molecule has 0 aliphatic heterocycles. The molecule has 2 heterocycles. The van der Waals surface area contributed by atoms with Gasteiger partial charge in [0.05, 0.1) is 5.69 Å². The van der Waals surface area contributed by atoms with E-state index in [-0.39, 0.29) is 29.4 Å². The van der Waals surface area contributed by atoms with E-state index in [0.29, 0.717) is 27.7 Å². The van der Waals surface area contributed by atoms with Crippen LogP contribution in [0.25, 0.3) is 4.96 Å². The molecule has 0 bridgehead atoms. The molecule has 0 fully saturated rings. The second-order valence-corrected chi connectivity index (χ2v) is 10.5. The lowest BCUT2D eigenvalue weighted by Gasteiger charge is -2.19. The molecule has 0 spiro atoms. The third-order valence-corrected chi connectivity index (χ3v) is 6.51. The predicted octanol–water partition coefficient (Wildman–Crippen LogP) is 5.40. The third kappa shape index (κ3) is 5.34. The molecule has 0 saturated carbocycles. The summed E-state index contributed by atoms with van der Waals surface area (Å²) in [5.74, 6) is 0.596. The zero-order valence-electron chi connectivity index (χ0n) is 20.0. The van der Waals surface area contributed by atoms with Crippen molar-refractivity contribution < 1.29 is 9.53 Å². The van der Waals surface area contributed by atoms with Gasteiger partial charge in [0, 0.05) is 29.3 Å². The average Bonchev–Trinajstić information content (AvgIpc) is 3.23. The van der Waals surface area contributed by atoms with E-state index in [1.807, 2.05) is 38.1 Å². The van der Waals surface area contributed by atoms with Gasteiger partial charge < -0.3 is 10.1 Å². The zero-order valence-corrected chi connectivity index (χ0v) is 20.8. The monoisotopic (exact) mass is 476 g/mol. The minimum atomic E-state index is -0.231. The molecule has 0 saturated heterocycles. The Morgan fingerprint density at radius 3 is 2.53 bits per heavy atom. The van der Waals surface area contributed by atoms with Crippen LogP contribution in [0, 0.1) is 0 Å². The van der Waals surface area contributed by atoms with Gasteiger partial charge in [0.1, 0.15) is 17.4 Å². The van der Waals surface area contributed by atoms with Crippen molar-refractivity contribution in [2.45, 2.75) is 52.6 Å². The first-order chi connectivity index (χ1) is 16.1. The van der Waals surface area contributed by atoms with E-state index < -0.39 is 0 Å². The zero-order chi connectivity index (χ0) is 24.5. The van der Waals surface area contributed by atoms with E-state index in [9.17, 15) is 9.59 Å². The van der Waals surface area contributed by atoms with E-state index in [2.05, 4.69) is 36.2 Å². The maximum Gasteiger partial charge on any atom is 0.275 e. The summed E-state index contributed by atoms with van der Waals surface area (Å²) in [5.41, 5.74) is 2.70. The summed E-state index contributed by atoms with van der Waals surface area (Å²) in [6, 6.07) is 16.2. The topological polar surface area (TPSA) is 85.6 Å². The molecular weight excluding hydrogens is 448 g/mol. The van der Waals surface area contributed by atoms with Gasteiger partial charge in [0.25, 0.3) is 11.5 Å². The predicted molar refractivity (Wildman–Crippen MR) is 135 cm³/mol. The van der Waals surface area contributed by atoms with Crippen LogP contribution in [0.3, 0.4) is 0 Å². The van der Waals surface area contributed by atoms with Crippen molar-refractivity contribution >= 4 is 27.9 Å². The van der Waals surface area contributed by atoms with Crippen molar-refractivity contribution in [3.05, 3.63) is 86.8 Å². The highest BCUT2D eigenvalue weighted by molar-refractivity contribution is 7.16. The SMILES string of the molecule is CC(C)c1nn2c(=O)cc(COc3cccc(NC(=O)c4ccc(C(C)(C)C)cc4)c3)nc2s1. The minimum absolute atomic E-state index is 0.0301. The number of amides is 1. The van der Waals surface area contributed by atoms with Gasteiger partial charge in [-0.25, -0.2) is 4.98 Å². The summed E-state index contributed by atoms with van der Waals surface area (Å²) in [7, 11) is 0. The van der Waals surface area contributed by atoms with Gasteiger partial charge in [-0.15, -0.1) is 0 Å². The van der Waals surface area contributed by atoms with Gasteiger partial charge in [-0.1, -0.05) is 64.2 Å². The van der Waals surface area contributed by atoms with Crippen molar-refractivity contribution in [1.82, 2.24) is 14.6 Å². The summed E-state index contributed by atoms with van der Waals surface area (Å²) >= 11 is 1.40. The van der Waals surface area contributed by atoms with Crippen LogP contribution >= 0.6 is 11.3 Å². The number of carbonyl (C=O) groups is 1. The Balaban J connectivity index is 1.44. The van der Waals surface area contributed by atoms with Crippen molar-refractivity contribution in [1.29, 1.82) is 0 Å². The van der Waals surface area contributed by atoms with Crippen LogP contribution < -0.4 is 15.6 Å². The first-order valence-corrected chi connectivity index (χ1v) is 12.0. The molecule has 2 aromatic heterocycles. The largest absolute Gasteiger partial charge is 0.487 e. The fourth-order valence-corrected chi connectivity index (χ4v) is 4.25. The maximum absolute atomic E-state index is 12.7. The van der Waals surface area contributed by atoms with E-state index in [1.165, 1.54) is 27.5 Å². The van der Waals surface area contributed by atoms with Gasteiger partial charge in [-0.2, -0.15) is 9.61 Å². The molecule has 2 aromatic carbocycles. The van der Waals surface area contributed by atoms with Gasteiger partial charge in [0.2, 0.25) is 4.96 Å². The lowest BCUT2D eigenvalue weighted by atomic mass is 9.87. The minimum Gasteiger partial charge on any atom is -0.487 e. The number of nitrogens with one attached hydrogen (secondary N) is 1. The summed E-state index contributed by atoms with van der Waals surface area (Å²) in [6.07, 6.45) is 0. The summed E-state index contributed by atoms with van der Waals surface area (Å²) in [5, 5.41) is 8.10. The Labute approximate surface area is 202 Å². The molecule has 1 N–H and O–H groups in total. The average molecular weight is 477 g/mol. The first-order valence-electron chi connectivity index (χ1n) is 11.1. The maximum atomic E-state index is 12.7. The van der Waals surface area contributed by atoms with Gasteiger partial charge in [0.15, 0.2) is 0 Å². The molecule has 1 amide bonds. The molecular formula is C26H28N4O3S. The van der Waals surface area contributed by atoms with Crippen LogP contribution in [-0.4, -0.2) is 20.5 Å². The fraction of sp³-hybridized carbons (Fsp3) is 0.308. The third-order valence-electron chi connectivity index (χ3n) is 5.30. The number of ether oxygens (including phenoxy) is 1. The number of nitrogens with zero attached hydrogens (tertiary/aromatic N) is 3. The Morgan fingerprint density at radius 1 is 1.12 bits per heavy atom. The number of benzene rings is 2. The Bertz CT molecular complexity index is 1380. The van der Waals surface area contributed by atoms with Gasteiger partial charge in [-0.3, -0.25) is 9.59 Å². The molecule has 0 atom stereocenters. The summed E-state index contributed by atoms with van der Waals surface area (Å²) in [6.45, 7) is 10.6. The van der Waals surface area contributed by atoms with Crippen molar-refractivity contribution in [2.75, 3.05) is 5.32 Å². The van der Waals surface area contributed by atoms with Gasteiger partial charge in [-0.05, 0) is 35.2 Å². The quantitative estimate of drug-likeness (QED) is 0.403. The molecule has 0 radical (unpaired) electrons. The van der Waals surface area contributed by atoms with E-state index >= 15 is 0 Å². The Kier molecular flexibility index (Phi) is 6.52. The molecule has 7 nitrogen and oxygen atoms in total. The first kappa shape index (κ1) is 23.6. The van der Waals surface area contributed by atoms with Crippen LogP contribution in [0.1, 0.15) is 67.2 Å². The number of rotatable bonds is 6. The Morgan fingerprint density at radius 2 is 1.85 bits per heavy atom. The van der Waals surface area contributed by atoms with Crippen LogP contribution in [0.2, 0.25) is 0 Å². The van der Waals surface area contributed by atoms with Crippen LogP contribution in [-0.2, 0) is 12.0 Å². The number of hydrogen-bond acceptors (Lipinski definition) is 6. The molecule has 4 rings (SSSR count). The number of hydrogen-bond donors (Lipinski definition) is 1. The molecule has 0 aliphatic rings. The molecule has 0 aliphatic carbocycles. The van der Waals surface area contributed by atoms with Crippen LogP contribution in [0.5, 0.6) is 5.75 Å². The lowest BCUT2D eigenvalue weighted by Crippen LogP contribution is -2.16. The second-order valence-electron chi connectivity index (χ2n) is 9.47. The Hall–Kier alpha value is -3.52. The van der Waals surface area contributed by atoms with E-state index in [1.54, 1.807) is 24.3 Å². The number of fused-ring (bicyclic) bond motifs is 1. The fourth-order valence-electron chi connectivity index (χ4n) is 3.32. The van der Waals surface area contributed by atoms with Crippen LogP contribution in [0.4, 0.5) is 5.69 Å². The van der Waals surface area contributed by atoms with E-state index in [4.69, 9.17) is 4.74 Å². The van der Waals surface area contributed by atoms with E-state index in [0.717, 1.165) is 5.01 Å². The van der Waals surface area contributed by atoms with Crippen molar-refractivity contribution in [2.24, 2.45) is 0 Å². The number of aromatic nitrogens is 3. The highest BCUT2D eigenvalue weighted by atomic mass is 32.1. The second kappa shape index (κ2) is 9.38. The summed E-state index contributed by atoms with van der Waals surface area (Å²) in [4.78, 5) is 30.1. The van der Waals surface area contributed by atoms with Gasteiger partial charge >= 0.3 is 0 Å². The molecule has 176 valence electrons. The highest BCUT2D eigenvalue weighted by Crippen LogP contribution is 2.24. The normalized spacial score (nSPS) is 11.7. The number of carbonyl (C=O) groups excluding carboxylic acids is 1. The standard InChI is InChI=1S/C26H28N4O3S/c1-16(2)24-29-30-22(31)14-20(28-25(30)34-24)15-33-21-8-6-7-19(13-21)27-23(32)17-9-11-18(12-10-17)26(3,4)5/h6-14,16H,15H2,1-5H3,(H,27,32). The number of anilines is 1. The molecule has 4 aromatic rings. The van der Waals surface area contributed by atoms with Crippen molar-refractivity contribution in [3.63, 3.8) is 0 Å².